The van der Waals surface area contributed by atoms with Gasteiger partial charge in [-0.1, -0.05) is 23.7 Å². The Bertz CT molecular complexity index is 642. The first-order chi connectivity index (χ1) is 10.2. The summed E-state index contributed by atoms with van der Waals surface area (Å²) >= 11 is 6.19. The van der Waals surface area contributed by atoms with E-state index < -0.39 is 0 Å². The quantitative estimate of drug-likeness (QED) is 0.935. The average Bonchev–Trinajstić information content (AvgIpc) is 2.94. The fraction of sp³-hybridized carbons (Fsp3) is 0.294. The van der Waals surface area contributed by atoms with Crippen LogP contribution in [0, 0.1) is 5.82 Å². The number of halogens is 2. The summed E-state index contributed by atoms with van der Waals surface area (Å²) in [5.41, 5.74) is 9.18. The molecule has 21 heavy (non-hydrogen) atoms. The van der Waals surface area contributed by atoms with Gasteiger partial charge in [-0.2, -0.15) is 0 Å². The van der Waals surface area contributed by atoms with Crippen LogP contribution in [0.4, 0.5) is 4.39 Å². The van der Waals surface area contributed by atoms with Crippen LogP contribution >= 0.6 is 11.6 Å². The van der Waals surface area contributed by atoms with Crippen LogP contribution in [0.2, 0.25) is 5.02 Å². The molecular weight excluding hydrogens is 289 g/mol. The fourth-order valence-electron chi connectivity index (χ4n) is 2.84. The molecule has 2 N–H and O–H groups in total. The molecule has 0 bridgehead atoms. The summed E-state index contributed by atoms with van der Waals surface area (Å²) in [5.74, 6) is 0.832. The van der Waals surface area contributed by atoms with Crippen molar-refractivity contribution < 1.29 is 9.13 Å². The molecule has 1 atom stereocenters. The molecule has 0 radical (unpaired) electrons. The highest BCUT2D eigenvalue weighted by Crippen LogP contribution is 2.35. The van der Waals surface area contributed by atoms with Gasteiger partial charge in [0.1, 0.15) is 11.6 Å². The zero-order valence-electron chi connectivity index (χ0n) is 11.6. The van der Waals surface area contributed by atoms with E-state index >= 15 is 0 Å². The van der Waals surface area contributed by atoms with Crippen molar-refractivity contribution in [3.63, 3.8) is 0 Å². The van der Waals surface area contributed by atoms with Crippen LogP contribution in [-0.4, -0.2) is 13.2 Å². The van der Waals surface area contributed by atoms with E-state index in [9.17, 15) is 4.39 Å². The molecule has 0 saturated carbocycles. The molecule has 0 aliphatic carbocycles. The standard InChI is InChI=1S/C17H17ClFNO/c18-15-8-12-5-6-21-17(12)13(9-15)7-14(10-20)11-1-3-16(19)4-2-11/h1-4,8-9,14H,5-7,10,20H2. The molecule has 3 rings (SSSR count). The third-order valence-corrected chi connectivity index (χ3v) is 4.14. The lowest BCUT2D eigenvalue weighted by atomic mass is 9.91. The normalized spacial score (nSPS) is 14.6. The van der Waals surface area contributed by atoms with E-state index in [1.54, 1.807) is 12.1 Å². The van der Waals surface area contributed by atoms with Gasteiger partial charge in [0.2, 0.25) is 0 Å². The smallest absolute Gasteiger partial charge is 0.125 e. The van der Waals surface area contributed by atoms with Crippen molar-refractivity contribution in [2.75, 3.05) is 13.2 Å². The van der Waals surface area contributed by atoms with E-state index in [4.69, 9.17) is 22.1 Å². The number of hydrogen-bond donors (Lipinski definition) is 1. The van der Waals surface area contributed by atoms with Gasteiger partial charge < -0.3 is 10.5 Å². The van der Waals surface area contributed by atoms with Crippen LogP contribution in [0.25, 0.3) is 0 Å². The van der Waals surface area contributed by atoms with Gasteiger partial charge in [0.25, 0.3) is 0 Å². The monoisotopic (exact) mass is 305 g/mol. The predicted octanol–water partition coefficient (Wildman–Crippen LogP) is 3.70. The van der Waals surface area contributed by atoms with Crippen LogP contribution < -0.4 is 10.5 Å². The van der Waals surface area contributed by atoms with Crippen molar-refractivity contribution in [3.05, 3.63) is 63.9 Å². The minimum atomic E-state index is -0.235. The first-order valence-corrected chi connectivity index (χ1v) is 7.45. The number of nitrogens with two attached hydrogens (primary N) is 1. The Balaban J connectivity index is 1.89. The molecular formula is C17H17ClFNO. The molecule has 2 nitrogen and oxygen atoms in total. The fourth-order valence-corrected chi connectivity index (χ4v) is 3.10. The summed E-state index contributed by atoms with van der Waals surface area (Å²) in [4.78, 5) is 0. The van der Waals surface area contributed by atoms with Gasteiger partial charge in [0.15, 0.2) is 0 Å². The van der Waals surface area contributed by atoms with E-state index in [0.717, 1.165) is 40.3 Å². The van der Waals surface area contributed by atoms with E-state index in [-0.39, 0.29) is 11.7 Å². The molecule has 110 valence electrons. The lowest BCUT2D eigenvalue weighted by Crippen LogP contribution is -2.15. The van der Waals surface area contributed by atoms with E-state index in [2.05, 4.69) is 0 Å². The highest BCUT2D eigenvalue weighted by atomic mass is 35.5. The Morgan fingerprint density at radius 3 is 2.71 bits per heavy atom. The zero-order chi connectivity index (χ0) is 14.8. The third kappa shape index (κ3) is 3.04. The van der Waals surface area contributed by atoms with Crippen LogP contribution in [0.15, 0.2) is 36.4 Å². The molecule has 0 saturated heterocycles. The molecule has 1 heterocycles. The number of benzene rings is 2. The summed E-state index contributed by atoms with van der Waals surface area (Å²) in [7, 11) is 0. The molecule has 1 aliphatic rings. The second kappa shape index (κ2) is 6.04. The van der Waals surface area contributed by atoms with Crippen molar-refractivity contribution in [1.29, 1.82) is 0 Å². The molecule has 0 spiro atoms. The highest BCUT2D eigenvalue weighted by Gasteiger charge is 2.20. The molecule has 4 heteroatoms. The Morgan fingerprint density at radius 2 is 2.00 bits per heavy atom. The van der Waals surface area contributed by atoms with E-state index in [0.29, 0.717) is 13.2 Å². The molecule has 0 aromatic heterocycles. The Labute approximate surface area is 128 Å². The summed E-state index contributed by atoms with van der Waals surface area (Å²) in [6.45, 7) is 1.19. The van der Waals surface area contributed by atoms with Gasteiger partial charge in [0, 0.05) is 17.4 Å². The molecule has 2 aromatic carbocycles. The lowest BCUT2D eigenvalue weighted by Gasteiger charge is -2.17. The first-order valence-electron chi connectivity index (χ1n) is 7.07. The van der Waals surface area contributed by atoms with Crippen molar-refractivity contribution in [1.82, 2.24) is 0 Å². The van der Waals surface area contributed by atoms with Gasteiger partial charge in [-0.3, -0.25) is 0 Å². The molecule has 0 fully saturated rings. The maximum atomic E-state index is 13.0. The van der Waals surface area contributed by atoms with Crippen molar-refractivity contribution >= 4 is 11.6 Å². The van der Waals surface area contributed by atoms with Crippen LogP contribution in [0.5, 0.6) is 5.75 Å². The second-order valence-electron chi connectivity index (χ2n) is 5.34. The summed E-state index contributed by atoms with van der Waals surface area (Å²) < 4.78 is 18.8. The first kappa shape index (κ1) is 14.4. The van der Waals surface area contributed by atoms with Crippen molar-refractivity contribution in [2.24, 2.45) is 5.73 Å². The SMILES string of the molecule is NCC(Cc1cc(Cl)cc2c1OCC2)c1ccc(F)cc1. The summed E-state index contributed by atoms with van der Waals surface area (Å²) in [5, 5.41) is 0.726. The predicted molar refractivity (Wildman–Crippen MR) is 82.6 cm³/mol. The van der Waals surface area contributed by atoms with E-state index in [1.165, 1.54) is 12.1 Å². The van der Waals surface area contributed by atoms with Gasteiger partial charge in [-0.05, 0) is 53.9 Å². The second-order valence-corrected chi connectivity index (χ2v) is 5.78. The van der Waals surface area contributed by atoms with E-state index in [1.807, 2.05) is 12.1 Å². The highest BCUT2D eigenvalue weighted by molar-refractivity contribution is 6.30. The van der Waals surface area contributed by atoms with Crippen LogP contribution in [-0.2, 0) is 12.8 Å². The van der Waals surface area contributed by atoms with Gasteiger partial charge in [-0.15, -0.1) is 0 Å². The van der Waals surface area contributed by atoms with Gasteiger partial charge >= 0.3 is 0 Å². The molecule has 2 aromatic rings. The summed E-state index contributed by atoms with van der Waals surface area (Å²) in [6, 6.07) is 10.4. The third-order valence-electron chi connectivity index (χ3n) is 3.92. The van der Waals surface area contributed by atoms with Crippen LogP contribution in [0.3, 0.4) is 0 Å². The largest absolute Gasteiger partial charge is 0.493 e. The van der Waals surface area contributed by atoms with Gasteiger partial charge in [0.05, 0.1) is 6.61 Å². The van der Waals surface area contributed by atoms with Gasteiger partial charge in [-0.25, -0.2) is 4.39 Å². The maximum absolute atomic E-state index is 13.0. The molecule has 0 amide bonds. The Hall–Kier alpha value is -1.58. The van der Waals surface area contributed by atoms with Crippen LogP contribution in [0.1, 0.15) is 22.6 Å². The minimum Gasteiger partial charge on any atom is -0.493 e. The topological polar surface area (TPSA) is 35.2 Å². The molecule has 1 unspecified atom stereocenters. The van der Waals surface area contributed by atoms with Crippen molar-refractivity contribution in [3.8, 4) is 5.75 Å². The zero-order valence-corrected chi connectivity index (χ0v) is 12.4. The average molecular weight is 306 g/mol. The van der Waals surface area contributed by atoms with Crippen molar-refractivity contribution in [2.45, 2.75) is 18.8 Å². The number of fused-ring (bicyclic) bond motifs is 1. The summed E-state index contributed by atoms with van der Waals surface area (Å²) in [6.07, 6.45) is 1.64. The Morgan fingerprint density at radius 1 is 1.24 bits per heavy atom. The Kier molecular flexibility index (Phi) is 4.13. The number of ether oxygens (including phenoxy) is 1. The number of hydrogen-bond acceptors (Lipinski definition) is 2. The minimum absolute atomic E-state index is 0.123. The number of rotatable bonds is 4. The lowest BCUT2D eigenvalue weighted by molar-refractivity contribution is 0.352. The molecule has 1 aliphatic heterocycles. The maximum Gasteiger partial charge on any atom is 0.125 e.